The molecule has 0 spiro atoms. The molecule has 3 aromatic carbocycles. The van der Waals surface area contributed by atoms with Crippen molar-refractivity contribution in [2.45, 2.75) is 90.1 Å². The molecule has 5 aliphatic rings. The summed E-state index contributed by atoms with van der Waals surface area (Å²) in [4.78, 5) is 70.9. The Bertz CT molecular complexity index is 2740. The van der Waals surface area contributed by atoms with Crippen molar-refractivity contribution in [3.63, 3.8) is 0 Å². The van der Waals surface area contributed by atoms with Crippen molar-refractivity contribution in [3.8, 4) is 16.9 Å². The third-order valence-electron chi connectivity index (χ3n) is 13.5. The Balaban J connectivity index is 0.812. The molecule has 2 fully saturated rings. The van der Waals surface area contributed by atoms with Gasteiger partial charge in [-0.25, -0.2) is 8.78 Å². The Morgan fingerprint density at radius 3 is 2.42 bits per heavy atom. The first-order chi connectivity index (χ1) is 31.4. The van der Waals surface area contributed by atoms with E-state index in [1.807, 2.05) is 23.1 Å². The van der Waals surface area contributed by atoms with Crippen LogP contribution in [-0.4, -0.2) is 96.0 Å². The highest BCUT2D eigenvalue weighted by atomic mass is 19.3. The van der Waals surface area contributed by atoms with Crippen LogP contribution in [0, 0.1) is 0 Å². The monoisotopic (exact) mass is 885 g/mol. The van der Waals surface area contributed by atoms with E-state index in [1.165, 1.54) is 0 Å². The zero-order valence-electron chi connectivity index (χ0n) is 36.3. The van der Waals surface area contributed by atoms with Gasteiger partial charge in [-0.15, -0.1) is 0 Å². The van der Waals surface area contributed by atoms with Crippen molar-refractivity contribution in [1.29, 1.82) is 0 Å². The molecule has 17 heteroatoms. The number of aryl methyl sites for hydroxylation is 2. The molecule has 7 heterocycles. The molecule has 2 saturated heterocycles. The molecule has 5 aliphatic heterocycles. The van der Waals surface area contributed by atoms with E-state index in [9.17, 15) is 32.8 Å². The van der Waals surface area contributed by atoms with E-state index in [4.69, 9.17) is 9.84 Å². The number of likely N-dealkylation sites (tertiary alicyclic amines) is 1. The van der Waals surface area contributed by atoms with Crippen LogP contribution in [0.5, 0.6) is 5.75 Å². The minimum atomic E-state index is -2.68. The van der Waals surface area contributed by atoms with Crippen molar-refractivity contribution < 1.29 is 37.5 Å². The van der Waals surface area contributed by atoms with Gasteiger partial charge in [-0.05, 0) is 78.6 Å². The number of hydrogen-bond acceptors (Lipinski definition) is 10. The minimum Gasteiger partial charge on any atom is -0.488 e. The molecule has 0 bridgehead atoms. The van der Waals surface area contributed by atoms with Crippen molar-refractivity contribution >= 4 is 41.0 Å². The number of aromatic nitrogens is 4. The predicted molar refractivity (Wildman–Crippen MR) is 233 cm³/mol. The Morgan fingerprint density at radius 2 is 1.69 bits per heavy atom. The van der Waals surface area contributed by atoms with Crippen molar-refractivity contribution in [3.05, 3.63) is 112 Å². The molecule has 5 aromatic rings. The first-order valence-corrected chi connectivity index (χ1v) is 22.3. The number of nitrogens with zero attached hydrogens (tertiary/aromatic N) is 8. The van der Waals surface area contributed by atoms with Crippen molar-refractivity contribution in [2.24, 2.45) is 7.05 Å². The van der Waals surface area contributed by atoms with E-state index in [-0.39, 0.29) is 53.8 Å². The molecule has 65 heavy (non-hydrogen) atoms. The lowest BCUT2D eigenvalue weighted by atomic mass is 9.92. The zero-order chi connectivity index (χ0) is 45.1. The van der Waals surface area contributed by atoms with Gasteiger partial charge in [0, 0.05) is 93.8 Å². The predicted octanol–water partition coefficient (Wildman–Crippen LogP) is 6.03. The minimum absolute atomic E-state index is 0.00279. The van der Waals surface area contributed by atoms with Gasteiger partial charge in [0.25, 0.3) is 18.2 Å². The summed E-state index contributed by atoms with van der Waals surface area (Å²) in [5.74, 6) is -1.29. The third-order valence-corrected chi connectivity index (χ3v) is 13.5. The van der Waals surface area contributed by atoms with E-state index in [2.05, 4.69) is 37.0 Å². The van der Waals surface area contributed by atoms with Crippen molar-refractivity contribution in [2.75, 3.05) is 31.1 Å². The third kappa shape index (κ3) is 7.85. The Kier molecular flexibility index (Phi) is 11.0. The summed E-state index contributed by atoms with van der Waals surface area (Å²) in [5.41, 5.74) is 7.25. The number of alkyl halides is 2. The maximum absolute atomic E-state index is 14.7. The molecule has 0 aliphatic carbocycles. The van der Waals surface area contributed by atoms with E-state index in [0.717, 1.165) is 89.7 Å². The molecule has 2 aromatic heterocycles. The average Bonchev–Trinajstić information content (AvgIpc) is 3.99. The van der Waals surface area contributed by atoms with Gasteiger partial charge in [-0.1, -0.05) is 30.3 Å². The standard InChI is InChI=1S/C48H49F2N9O6/c1-28(60)56-20-16-38-37(26-56)45(57-17-4-5-31-21-35(32-23-51-54(2)25-32)36(44(49)50)22-40(31)57)53-59(38)33-14-18-55(19-15-33)24-29-8-10-30(11-9-29)27-65-41-7-3-6-34-43(41)48(64)58(47(34)63)39-12-13-42(61)52-46(39)62/h3,6-11,21-23,25,33,39,44H,4-5,12-20,24,26-27H2,1-2H3,(H,52,61,62). The van der Waals surface area contributed by atoms with Crippen LogP contribution in [0.25, 0.3) is 11.1 Å². The van der Waals surface area contributed by atoms with Gasteiger partial charge in [0.05, 0.1) is 29.9 Å². The van der Waals surface area contributed by atoms with Crippen LogP contribution in [0.15, 0.2) is 67.0 Å². The van der Waals surface area contributed by atoms with Crippen LogP contribution in [0.4, 0.5) is 20.3 Å². The number of fused-ring (bicyclic) bond motifs is 3. The molecule has 336 valence electrons. The number of piperidine rings is 2. The highest BCUT2D eigenvalue weighted by Gasteiger charge is 2.46. The largest absolute Gasteiger partial charge is 0.488 e. The van der Waals surface area contributed by atoms with Gasteiger partial charge in [0.1, 0.15) is 18.4 Å². The normalized spacial score (nSPS) is 19.2. The van der Waals surface area contributed by atoms with E-state index in [0.29, 0.717) is 37.2 Å². The number of amides is 5. The molecule has 15 nitrogen and oxygen atoms in total. The average molecular weight is 886 g/mol. The second-order valence-corrected chi connectivity index (χ2v) is 17.6. The number of anilines is 2. The second-order valence-electron chi connectivity index (χ2n) is 17.6. The molecular weight excluding hydrogens is 837 g/mol. The van der Waals surface area contributed by atoms with Gasteiger partial charge < -0.3 is 14.5 Å². The fourth-order valence-electron chi connectivity index (χ4n) is 10.2. The quantitative estimate of drug-likeness (QED) is 0.165. The van der Waals surface area contributed by atoms with Gasteiger partial charge in [-0.2, -0.15) is 10.2 Å². The lowest BCUT2D eigenvalue weighted by Gasteiger charge is -2.34. The first-order valence-electron chi connectivity index (χ1n) is 22.3. The number of imide groups is 2. The maximum Gasteiger partial charge on any atom is 0.266 e. The SMILES string of the molecule is CC(=O)N1CCc2c(c(N3CCCc4cc(-c5cnn(C)c5)c(C(F)F)cc43)nn2C2CCN(Cc3ccc(COc4cccc5c4C(=O)N(C4CCC(=O)NC4=O)C5=O)cc3)CC2)C1. The fourth-order valence-corrected chi connectivity index (χ4v) is 10.2. The van der Waals surface area contributed by atoms with E-state index >= 15 is 0 Å². The van der Waals surface area contributed by atoms with Gasteiger partial charge in [-0.3, -0.25) is 48.5 Å². The van der Waals surface area contributed by atoms with Crippen LogP contribution in [0.1, 0.15) is 106 Å². The highest BCUT2D eigenvalue weighted by molar-refractivity contribution is 6.24. The summed E-state index contributed by atoms with van der Waals surface area (Å²) in [6.45, 7) is 5.85. The van der Waals surface area contributed by atoms with E-state index < -0.39 is 36.1 Å². The molecule has 10 rings (SSSR count). The van der Waals surface area contributed by atoms with Crippen LogP contribution >= 0.6 is 0 Å². The molecule has 1 N–H and O–H groups in total. The van der Waals surface area contributed by atoms with Crippen LogP contribution in [0.2, 0.25) is 0 Å². The maximum atomic E-state index is 14.7. The zero-order valence-corrected chi connectivity index (χ0v) is 36.3. The Labute approximate surface area is 373 Å². The number of nitrogens with one attached hydrogen (secondary N) is 1. The lowest BCUT2D eigenvalue weighted by molar-refractivity contribution is -0.136. The summed E-state index contributed by atoms with van der Waals surface area (Å²) in [5, 5.41) is 11.8. The molecular formula is C48H49F2N9O6. The second kappa shape index (κ2) is 17.0. The van der Waals surface area contributed by atoms with Crippen LogP contribution in [-0.2, 0) is 54.0 Å². The smallest absolute Gasteiger partial charge is 0.266 e. The van der Waals surface area contributed by atoms with E-state index in [1.54, 1.807) is 55.3 Å². The molecule has 1 atom stereocenters. The summed E-state index contributed by atoms with van der Waals surface area (Å²) >= 11 is 0. The molecule has 0 saturated carbocycles. The molecule has 0 radical (unpaired) electrons. The highest BCUT2D eigenvalue weighted by Crippen LogP contribution is 2.44. The van der Waals surface area contributed by atoms with Gasteiger partial charge in [0.15, 0.2) is 5.82 Å². The number of benzene rings is 3. The first kappa shape index (κ1) is 42.2. The van der Waals surface area contributed by atoms with Crippen LogP contribution < -0.4 is 15.0 Å². The summed E-state index contributed by atoms with van der Waals surface area (Å²) in [6.07, 6.45) is 4.84. The topological polar surface area (TPSA) is 155 Å². The van der Waals surface area contributed by atoms with Crippen molar-refractivity contribution in [1.82, 2.24) is 39.6 Å². The Morgan fingerprint density at radius 1 is 0.908 bits per heavy atom. The summed E-state index contributed by atoms with van der Waals surface area (Å²) in [6, 6.07) is 15.5. The van der Waals surface area contributed by atoms with Gasteiger partial charge >= 0.3 is 0 Å². The number of carbonyl (C=O) groups excluding carboxylic acids is 5. The fraction of sp³-hybridized carbons (Fsp3) is 0.396. The number of rotatable bonds is 10. The number of halogens is 2. The molecule has 1 unspecified atom stereocenters. The lowest BCUT2D eigenvalue weighted by Crippen LogP contribution is -2.54. The number of hydrogen-bond donors (Lipinski definition) is 1. The van der Waals surface area contributed by atoms with Gasteiger partial charge in [0.2, 0.25) is 17.7 Å². The summed E-state index contributed by atoms with van der Waals surface area (Å²) in [7, 11) is 1.77. The number of ether oxygens (including phenoxy) is 1. The number of carbonyl (C=O) groups is 5. The summed E-state index contributed by atoms with van der Waals surface area (Å²) < 4.78 is 39.4. The Hall–Kier alpha value is -6.75. The molecule has 5 amide bonds. The van der Waals surface area contributed by atoms with Crippen LogP contribution in [0.3, 0.4) is 0 Å².